The lowest BCUT2D eigenvalue weighted by molar-refractivity contribution is 0.102. The van der Waals surface area contributed by atoms with Crippen LogP contribution < -0.4 is 10.6 Å². The second kappa shape index (κ2) is 7.04. The molecule has 1 saturated carbocycles. The van der Waals surface area contributed by atoms with E-state index in [2.05, 4.69) is 34.7 Å². The Hall–Kier alpha value is -2.36. The second-order valence-electron chi connectivity index (χ2n) is 6.82. The van der Waals surface area contributed by atoms with Crippen molar-refractivity contribution >= 4 is 17.3 Å². The van der Waals surface area contributed by atoms with E-state index in [1.165, 1.54) is 31.2 Å². The van der Waals surface area contributed by atoms with Crippen LogP contribution in [0.15, 0.2) is 30.6 Å². The summed E-state index contributed by atoms with van der Waals surface area (Å²) in [6.07, 6.45) is 8.34. The molecule has 24 heavy (non-hydrogen) atoms. The Kier molecular flexibility index (Phi) is 4.84. The largest absolute Gasteiger partial charge is 0.381 e. The number of hydrogen-bond acceptors (Lipinski definition) is 3. The van der Waals surface area contributed by atoms with Crippen LogP contribution in [-0.2, 0) is 0 Å². The topological polar surface area (TPSA) is 54.0 Å². The second-order valence-corrected chi connectivity index (χ2v) is 6.82. The molecule has 0 unspecified atom stereocenters. The van der Waals surface area contributed by atoms with E-state index in [-0.39, 0.29) is 5.91 Å². The number of pyridine rings is 1. The van der Waals surface area contributed by atoms with Gasteiger partial charge in [-0.05, 0) is 50.8 Å². The van der Waals surface area contributed by atoms with Gasteiger partial charge >= 0.3 is 0 Å². The van der Waals surface area contributed by atoms with Gasteiger partial charge in [-0.2, -0.15) is 0 Å². The zero-order valence-corrected chi connectivity index (χ0v) is 14.6. The average Bonchev–Trinajstić information content (AvgIpc) is 3.04. The van der Waals surface area contributed by atoms with Gasteiger partial charge in [0.15, 0.2) is 0 Å². The molecule has 3 rings (SSSR count). The van der Waals surface area contributed by atoms with Gasteiger partial charge in [-0.1, -0.05) is 30.5 Å². The van der Waals surface area contributed by atoms with Crippen LogP contribution in [0.5, 0.6) is 0 Å². The molecule has 1 aliphatic rings. The number of nitrogens with one attached hydrogen (secondary N) is 2. The Balaban J connectivity index is 1.75. The molecule has 0 saturated heterocycles. The van der Waals surface area contributed by atoms with E-state index in [4.69, 9.17) is 0 Å². The molecule has 0 atom stereocenters. The third-order valence-corrected chi connectivity index (χ3v) is 4.64. The van der Waals surface area contributed by atoms with Crippen molar-refractivity contribution in [1.29, 1.82) is 0 Å². The van der Waals surface area contributed by atoms with Gasteiger partial charge in [-0.15, -0.1) is 0 Å². The first-order valence-electron chi connectivity index (χ1n) is 8.64. The summed E-state index contributed by atoms with van der Waals surface area (Å²) in [5.74, 6) is -0.118. The number of carbonyl (C=O) groups is 1. The zero-order valence-electron chi connectivity index (χ0n) is 14.6. The van der Waals surface area contributed by atoms with Gasteiger partial charge in [0.05, 0.1) is 11.3 Å². The molecule has 0 bridgehead atoms. The monoisotopic (exact) mass is 323 g/mol. The molecule has 0 radical (unpaired) electrons. The summed E-state index contributed by atoms with van der Waals surface area (Å²) in [6.45, 7) is 6.10. The van der Waals surface area contributed by atoms with E-state index >= 15 is 0 Å². The Morgan fingerprint density at radius 1 is 1.04 bits per heavy atom. The Morgan fingerprint density at radius 2 is 1.71 bits per heavy atom. The van der Waals surface area contributed by atoms with Gasteiger partial charge < -0.3 is 10.6 Å². The summed E-state index contributed by atoms with van der Waals surface area (Å²) < 4.78 is 0. The van der Waals surface area contributed by atoms with E-state index in [1.54, 1.807) is 12.4 Å². The van der Waals surface area contributed by atoms with Crippen LogP contribution >= 0.6 is 0 Å². The van der Waals surface area contributed by atoms with Crippen LogP contribution in [0.3, 0.4) is 0 Å². The van der Waals surface area contributed by atoms with Gasteiger partial charge in [-0.25, -0.2) is 0 Å². The van der Waals surface area contributed by atoms with Crippen LogP contribution in [0, 0.1) is 20.8 Å². The standard InChI is InChI=1S/C20H25N3O/c1-13-8-14(2)19(15(3)9-13)23-20(24)16-10-18(12-21-11-16)22-17-6-4-5-7-17/h8-12,17,22H,4-7H2,1-3H3,(H,23,24). The quantitative estimate of drug-likeness (QED) is 0.863. The van der Waals surface area contributed by atoms with Gasteiger partial charge in [0, 0.05) is 24.1 Å². The molecule has 1 aliphatic carbocycles. The van der Waals surface area contributed by atoms with Crippen molar-refractivity contribution in [3.8, 4) is 0 Å². The minimum atomic E-state index is -0.118. The third kappa shape index (κ3) is 3.75. The summed E-state index contributed by atoms with van der Waals surface area (Å²) in [5.41, 5.74) is 5.75. The molecular formula is C20H25N3O. The van der Waals surface area contributed by atoms with Crippen molar-refractivity contribution in [2.24, 2.45) is 0 Å². The maximum atomic E-state index is 12.6. The van der Waals surface area contributed by atoms with Crippen molar-refractivity contribution in [3.05, 3.63) is 52.8 Å². The Labute approximate surface area is 143 Å². The molecule has 0 aliphatic heterocycles. The van der Waals surface area contributed by atoms with Crippen molar-refractivity contribution < 1.29 is 4.79 Å². The van der Waals surface area contributed by atoms with Crippen molar-refractivity contribution in [2.75, 3.05) is 10.6 Å². The van der Waals surface area contributed by atoms with Crippen LogP contribution in [-0.4, -0.2) is 16.9 Å². The fourth-order valence-corrected chi connectivity index (χ4v) is 3.51. The lowest BCUT2D eigenvalue weighted by Gasteiger charge is -2.15. The smallest absolute Gasteiger partial charge is 0.257 e. The van der Waals surface area contributed by atoms with E-state index in [9.17, 15) is 4.79 Å². The molecular weight excluding hydrogens is 298 g/mol. The summed E-state index contributed by atoms with van der Waals surface area (Å²) >= 11 is 0. The minimum Gasteiger partial charge on any atom is -0.381 e. The summed E-state index contributed by atoms with van der Waals surface area (Å²) in [6, 6.07) is 6.56. The van der Waals surface area contributed by atoms with Crippen molar-refractivity contribution in [3.63, 3.8) is 0 Å². The molecule has 126 valence electrons. The van der Waals surface area contributed by atoms with E-state index in [0.29, 0.717) is 11.6 Å². The number of aromatic nitrogens is 1. The molecule has 1 aromatic carbocycles. The molecule has 1 fully saturated rings. The SMILES string of the molecule is Cc1cc(C)c(NC(=O)c2cncc(NC3CCCC3)c2)c(C)c1. The summed E-state index contributed by atoms with van der Waals surface area (Å²) in [4.78, 5) is 16.8. The van der Waals surface area contributed by atoms with E-state index < -0.39 is 0 Å². The van der Waals surface area contributed by atoms with Gasteiger partial charge in [-0.3, -0.25) is 9.78 Å². The highest BCUT2D eigenvalue weighted by Gasteiger charge is 2.16. The number of rotatable bonds is 4. The predicted molar refractivity (Wildman–Crippen MR) is 98.7 cm³/mol. The zero-order chi connectivity index (χ0) is 17.1. The first-order chi connectivity index (χ1) is 11.5. The highest BCUT2D eigenvalue weighted by Crippen LogP contribution is 2.24. The number of hydrogen-bond donors (Lipinski definition) is 2. The molecule has 4 heteroatoms. The third-order valence-electron chi connectivity index (χ3n) is 4.64. The fraction of sp³-hybridized carbons (Fsp3) is 0.400. The maximum absolute atomic E-state index is 12.6. The molecule has 1 amide bonds. The van der Waals surface area contributed by atoms with Crippen LogP contribution in [0.1, 0.15) is 52.7 Å². The highest BCUT2D eigenvalue weighted by molar-refractivity contribution is 6.05. The molecule has 4 nitrogen and oxygen atoms in total. The summed E-state index contributed by atoms with van der Waals surface area (Å²) in [5, 5.41) is 6.52. The van der Waals surface area contributed by atoms with E-state index in [1.807, 2.05) is 19.9 Å². The number of nitrogens with zero attached hydrogens (tertiary/aromatic N) is 1. The average molecular weight is 323 g/mol. The summed E-state index contributed by atoms with van der Waals surface area (Å²) in [7, 11) is 0. The molecule has 2 aromatic rings. The lowest BCUT2D eigenvalue weighted by Crippen LogP contribution is -2.17. The number of aryl methyl sites for hydroxylation is 3. The first-order valence-corrected chi connectivity index (χ1v) is 8.64. The minimum absolute atomic E-state index is 0.118. The highest BCUT2D eigenvalue weighted by atomic mass is 16.1. The molecule has 2 N–H and O–H groups in total. The molecule has 0 spiro atoms. The van der Waals surface area contributed by atoms with Crippen LogP contribution in [0.2, 0.25) is 0 Å². The van der Waals surface area contributed by atoms with Crippen molar-refractivity contribution in [1.82, 2.24) is 4.98 Å². The number of anilines is 2. The van der Waals surface area contributed by atoms with Crippen LogP contribution in [0.25, 0.3) is 0 Å². The number of carbonyl (C=O) groups excluding carboxylic acids is 1. The predicted octanol–water partition coefficient (Wildman–Crippen LogP) is 4.61. The van der Waals surface area contributed by atoms with E-state index in [0.717, 1.165) is 22.5 Å². The van der Waals surface area contributed by atoms with Gasteiger partial charge in [0.2, 0.25) is 0 Å². The normalized spacial score (nSPS) is 14.6. The number of amides is 1. The van der Waals surface area contributed by atoms with Crippen molar-refractivity contribution in [2.45, 2.75) is 52.5 Å². The van der Waals surface area contributed by atoms with Gasteiger partial charge in [0.25, 0.3) is 5.91 Å². The van der Waals surface area contributed by atoms with Gasteiger partial charge in [0.1, 0.15) is 0 Å². The molecule has 1 heterocycles. The fourth-order valence-electron chi connectivity index (χ4n) is 3.51. The molecule has 1 aromatic heterocycles. The number of benzene rings is 1. The van der Waals surface area contributed by atoms with Crippen LogP contribution in [0.4, 0.5) is 11.4 Å². The first kappa shape index (κ1) is 16.5. The Bertz CT molecular complexity index is 725. The lowest BCUT2D eigenvalue weighted by atomic mass is 10.0. The maximum Gasteiger partial charge on any atom is 0.257 e. The Morgan fingerprint density at radius 3 is 2.38 bits per heavy atom.